The van der Waals surface area contributed by atoms with Crippen LogP contribution in [0.25, 0.3) is 10.9 Å². The van der Waals surface area contributed by atoms with Crippen molar-refractivity contribution in [3.05, 3.63) is 39.4 Å². The summed E-state index contributed by atoms with van der Waals surface area (Å²) in [6, 6.07) is 7.43. The molecule has 1 aromatic heterocycles. The minimum Gasteiger partial charge on any atom is -0.378 e. The fourth-order valence-electron chi connectivity index (χ4n) is 3.67. The second-order valence-corrected chi connectivity index (χ2v) is 7.60. The minimum absolute atomic E-state index is 0.0408. The van der Waals surface area contributed by atoms with Gasteiger partial charge in [-0.05, 0) is 56.0 Å². The molecule has 2 fully saturated rings. The molecule has 2 N–H and O–H groups in total. The SMILES string of the molecule is O=C(CCn1c(=S)[nH]c2ccccc2c1=O)N[C@H]1CCO[C@H](C2CC2)C1. The Hall–Kier alpha value is -1.99. The van der Waals surface area contributed by atoms with Crippen LogP contribution >= 0.6 is 12.2 Å². The fourth-order valence-corrected chi connectivity index (χ4v) is 3.95. The first-order valence-corrected chi connectivity index (χ1v) is 9.65. The summed E-state index contributed by atoms with van der Waals surface area (Å²) in [5.74, 6) is 0.644. The van der Waals surface area contributed by atoms with E-state index in [1.165, 1.54) is 17.4 Å². The predicted molar refractivity (Wildman–Crippen MR) is 102 cm³/mol. The lowest BCUT2D eigenvalue weighted by Gasteiger charge is -2.30. The molecule has 1 aliphatic heterocycles. The van der Waals surface area contributed by atoms with E-state index >= 15 is 0 Å². The van der Waals surface area contributed by atoms with Gasteiger partial charge in [-0.3, -0.25) is 14.2 Å². The molecule has 1 saturated heterocycles. The molecule has 0 radical (unpaired) electrons. The molecule has 26 heavy (non-hydrogen) atoms. The van der Waals surface area contributed by atoms with Crippen molar-refractivity contribution in [2.24, 2.45) is 5.92 Å². The van der Waals surface area contributed by atoms with Crippen LogP contribution in [0.15, 0.2) is 29.1 Å². The summed E-state index contributed by atoms with van der Waals surface area (Å²) in [6.45, 7) is 0.988. The first-order valence-electron chi connectivity index (χ1n) is 9.24. The van der Waals surface area contributed by atoms with Crippen LogP contribution in [0.5, 0.6) is 0 Å². The third kappa shape index (κ3) is 3.73. The van der Waals surface area contributed by atoms with Crippen molar-refractivity contribution in [1.82, 2.24) is 14.9 Å². The number of carbonyl (C=O) groups is 1. The Morgan fingerprint density at radius 1 is 1.31 bits per heavy atom. The van der Waals surface area contributed by atoms with Crippen LogP contribution in [0.2, 0.25) is 0 Å². The van der Waals surface area contributed by atoms with Gasteiger partial charge in [0.05, 0.1) is 17.0 Å². The van der Waals surface area contributed by atoms with Crippen molar-refractivity contribution in [3.63, 3.8) is 0 Å². The molecule has 4 rings (SSSR count). The Morgan fingerprint density at radius 3 is 2.92 bits per heavy atom. The minimum atomic E-state index is -0.156. The molecule has 0 bridgehead atoms. The molecule has 1 amide bonds. The molecular weight excluding hydrogens is 350 g/mol. The van der Waals surface area contributed by atoms with Crippen LogP contribution in [0.3, 0.4) is 0 Å². The molecule has 2 aliphatic rings. The number of rotatable bonds is 5. The highest BCUT2D eigenvalue weighted by atomic mass is 32.1. The zero-order chi connectivity index (χ0) is 18.1. The number of hydrogen-bond acceptors (Lipinski definition) is 4. The van der Waals surface area contributed by atoms with E-state index in [0.29, 0.717) is 28.8 Å². The molecule has 7 heteroatoms. The second-order valence-electron chi connectivity index (χ2n) is 7.22. The van der Waals surface area contributed by atoms with E-state index in [1.54, 1.807) is 6.07 Å². The van der Waals surface area contributed by atoms with Crippen molar-refractivity contribution >= 4 is 29.0 Å². The summed E-state index contributed by atoms with van der Waals surface area (Å²) >= 11 is 5.29. The number of nitrogens with zero attached hydrogens (tertiary/aromatic N) is 1. The van der Waals surface area contributed by atoms with E-state index in [9.17, 15) is 9.59 Å². The van der Waals surface area contributed by atoms with Crippen LogP contribution in [0.1, 0.15) is 32.1 Å². The largest absolute Gasteiger partial charge is 0.378 e. The van der Waals surface area contributed by atoms with E-state index < -0.39 is 0 Å². The number of para-hydroxylation sites is 1. The summed E-state index contributed by atoms with van der Waals surface area (Å²) in [6.07, 6.45) is 4.77. The first-order chi connectivity index (χ1) is 12.6. The number of hydrogen-bond donors (Lipinski definition) is 2. The molecule has 2 heterocycles. The van der Waals surface area contributed by atoms with Crippen LogP contribution in [0.4, 0.5) is 0 Å². The van der Waals surface area contributed by atoms with Crippen molar-refractivity contribution < 1.29 is 9.53 Å². The van der Waals surface area contributed by atoms with E-state index in [4.69, 9.17) is 17.0 Å². The maximum Gasteiger partial charge on any atom is 0.262 e. The first kappa shape index (κ1) is 17.4. The van der Waals surface area contributed by atoms with Crippen molar-refractivity contribution in [2.45, 2.75) is 50.8 Å². The predicted octanol–water partition coefficient (Wildman–Crippen LogP) is 2.52. The van der Waals surface area contributed by atoms with Gasteiger partial charge in [0, 0.05) is 25.6 Å². The molecular formula is C19H23N3O3S. The van der Waals surface area contributed by atoms with E-state index in [1.807, 2.05) is 18.2 Å². The smallest absolute Gasteiger partial charge is 0.262 e. The summed E-state index contributed by atoms with van der Waals surface area (Å²) < 4.78 is 7.62. The Morgan fingerprint density at radius 2 is 2.12 bits per heavy atom. The number of aromatic amines is 1. The van der Waals surface area contributed by atoms with Gasteiger partial charge in [-0.25, -0.2) is 0 Å². The van der Waals surface area contributed by atoms with Crippen molar-refractivity contribution in [2.75, 3.05) is 6.61 Å². The highest BCUT2D eigenvalue weighted by Gasteiger charge is 2.36. The zero-order valence-corrected chi connectivity index (χ0v) is 15.4. The number of benzene rings is 1. The molecule has 2 atom stereocenters. The number of aromatic nitrogens is 2. The lowest BCUT2D eigenvalue weighted by Crippen LogP contribution is -2.43. The molecule has 1 saturated carbocycles. The number of nitrogens with one attached hydrogen (secondary N) is 2. The highest BCUT2D eigenvalue weighted by molar-refractivity contribution is 7.71. The molecule has 2 aromatic rings. The number of H-pyrrole nitrogens is 1. The standard InChI is InChI=1S/C19H23N3O3S/c23-17(20-13-8-10-25-16(11-13)12-5-6-12)7-9-22-18(24)14-3-1-2-4-15(14)21-19(22)26/h1-4,12-13,16H,5-11H2,(H,20,23)(H,21,26)/t13-,16-/m0/s1. The third-order valence-electron chi connectivity index (χ3n) is 5.28. The monoisotopic (exact) mass is 373 g/mol. The summed E-state index contributed by atoms with van der Waals surface area (Å²) in [5.41, 5.74) is 0.563. The lowest BCUT2D eigenvalue weighted by molar-refractivity contribution is -0.123. The number of carbonyl (C=O) groups excluding carboxylic acids is 1. The van der Waals surface area contributed by atoms with Gasteiger partial charge < -0.3 is 15.0 Å². The quantitative estimate of drug-likeness (QED) is 0.790. The number of ether oxygens (including phenoxy) is 1. The van der Waals surface area contributed by atoms with Gasteiger partial charge >= 0.3 is 0 Å². The molecule has 138 valence electrons. The maximum atomic E-state index is 12.6. The van der Waals surface area contributed by atoms with Gasteiger partial charge in [-0.2, -0.15) is 0 Å². The zero-order valence-electron chi connectivity index (χ0n) is 14.6. The number of amides is 1. The van der Waals surface area contributed by atoms with Crippen LogP contribution < -0.4 is 10.9 Å². The van der Waals surface area contributed by atoms with Gasteiger partial charge in [-0.15, -0.1) is 0 Å². The van der Waals surface area contributed by atoms with Crippen LogP contribution in [-0.2, 0) is 16.1 Å². The maximum absolute atomic E-state index is 12.6. The van der Waals surface area contributed by atoms with Gasteiger partial charge in [-0.1, -0.05) is 12.1 Å². The number of fused-ring (bicyclic) bond motifs is 1. The van der Waals surface area contributed by atoms with Crippen molar-refractivity contribution in [3.8, 4) is 0 Å². The molecule has 0 spiro atoms. The Bertz CT molecular complexity index is 932. The topological polar surface area (TPSA) is 76.1 Å². The van der Waals surface area contributed by atoms with Gasteiger partial charge in [0.1, 0.15) is 0 Å². The van der Waals surface area contributed by atoms with E-state index in [2.05, 4.69) is 10.3 Å². The van der Waals surface area contributed by atoms with Crippen LogP contribution in [0, 0.1) is 10.7 Å². The molecule has 1 aromatic carbocycles. The molecule has 0 unspecified atom stereocenters. The Labute approximate surface area is 156 Å². The van der Waals surface area contributed by atoms with E-state index in [-0.39, 0.29) is 30.5 Å². The summed E-state index contributed by atoms with van der Waals surface area (Å²) in [5, 5.41) is 3.68. The third-order valence-corrected chi connectivity index (χ3v) is 5.60. The molecule has 6 nitrogen and oxygen atoms in total. The van der Waals surface area contributed by atoms with Gasteiger partial charge in [0.15, 0.2) is 4.77 Å². The van der Waals surface area contributed by atoms with E-state index in [0.717, 1.165) is 18.4 Å². The van der Waals surface area contributed by atoms with Crippen molar-refractivity contribution in [1.29, 1.82) is 0 Å². The second kappa shape index (κ2) is 7.32. The van der Waals surface area contributed by atoms with Crippen LogP contribution in [-0.4, -0.2) is 34.2 Å². The fraction of sp³-hybridized carbons (Fsp3) is 0.526. The summed E-state index contributed by atoms with van der Waals surface area (Å²) in [7, 11) is 0. The average molecular weight is 373 g/mol. The molecule has 1 aliphatic carbocycles. The van der Waals surface area contributed by atoms with Gasteiger partial charge in [0.2, 0.25) is 5.91 Å². The average Bonchev–Trinajstić information content (AvgIpc) is 3.47. The highest BCUT2D eigenvalue weighted by Crippen LogP contribution is 2.38. The Kier molecular flexibility index (Phi) is 4.91. The lowest BCUT2D eigenvalue weighted by atomic mass is 10.00. The normalized spacial score (nSPS) is 23.1. The van der Waals surface area contributed by atoms with Gasteiger partial charge in [0.25, 0.3) is 5.56 Å². The Balaban J connectivity index is 1.39. The summed E-state index contributed by atoms with van der Waals surface area (Å²) in [4.78, 5) is 28.0.